The highest BCUT2D eigenvalue weighted by Gasteiger charge is 2.31. The molecule has 0 aliphatic carbocycles. The number of pyridine rings is 1. The molecule has 0 saturated carbocycles. The molecule has 0 radical (unpaired) electrons. The molecule has 3 aromatic rings. The molecule has 0 amide bonds. The van der Waals surface area contributed by atoms with Gasteiger partial charge in [-0.1, -0.05) is 18.2 Å². The van der Waals surface area contributed by atoms with Crippen molar-refractivity contribution in [1.29, 1.82) is 5.26 Å². The Balaban J connectivity index is 1.88. The highest BCUT2D eigenvalue weighted by atomic mass is 19.4. The molecule has 1 aromatic carbocycles. The number of nitriles is 1. The number of nitrogens with one attached hydrogen (secondary N) is 1. The Bertz CT molecular complexity index is 985. The minimum atomic E-state index is -4.39. The van der Waals surface area contributed by atoms with Crippen molar-refractivity contribution in [3.8, 4) is 6.07 Å². The summed E-state index contributed by atoms with van der Waals surface area (Å²) in [5.41, 5.74) is 0.825. The van der Waals surface area contributed by atoms with E-state index < -0.39 is 11.7 Å². The Kier molecular flexibility index (Phi) is 5.06. The molecule has 0 fully saturated rings. The number of nitrogens with zero attached hydrogens (tertiary/aromatic N) is 4. The average molecular weight is 373 g/mol. The van der Waals surface area contributed by atoms with Gasteiger partial charge < -0.3 is 10.2 Å². The quantitative estimate of drug-likeness (QED) is 0.736. The maximum atomic E-state index is 13.0. The van der Waals surface area contributed by atoms with E-state index in [1.54, 1.807) is 42.9 Å². The van der Waals surface area contributed by atoms with Crippen LogP contribution in [-0.4, -0.2) is 34.9 Å². The van der Waals surface area contributed by atoms with E-state index in [1.165, 1.54) is 6.07 Å². The van der Waals surface area contributed by atoms with Crippen LogP contribution < -0.4 is 5.32 Å². The van der Waals surface area contributed by atoms with Crippen molar-refractivity contribution >= 4 is 11.5 Å². The molecule has 1 unspecified atom stereocenters. The summed E-state index contributed by atoms with van der Waals surface area (Å²) in [6.45, 7) is 0.298. The smallest absolute Gasteiger partial charge is 0.366 e. The second-order valence-electron chi connectivity index (χ2n) is 6.33. The zero-order chi connectivity index (χ0) is 19.6. The molecule has 2 heterocycles. The van der Waals surface area contributed by atoms with Crippen LogP contribution >= 0.6 is 0 Å². The number of alkyl halides is 3. The van der Waals surface area contributed by atoms with Crippen LogP contribution in [-0.2, 0) is 6.18 Å². The number of rotatable bonds is 5. The highest BCUT2D eigenvalue weighted by Crippen LogP contribution is 2.31. The fourth-order valence-corrected chi connectivity index (χ4v) is 2.94. The van der Waals surface area contributed by atoms with Crippen LogP contribution in [0.5, 0.6) is 0 Å². The molecule has 0 spiro atoms. The first-order valence-corrected chi connectivity index (χ1v) is 8.26. The lowest BCUT2D eigenvalue weighted by molar-refractivity contribution is -0.137. The number of likely N-dealkylation sites (N-methyl/N-ethyl adjacent to an activating group) is 1. The fraction of sp³-hybridized carbons (Fsp3) is 0.263. The number of hydrogen-bond acceptors (Lipinski definition) is 4. The third kappa shape index (κ3) is 3.88. The second kappa shape index (κ2) is 7.29. The van der Waals surface area contributed by atoms with Crippen molar-refractivity contribution < 1.29 is 13.2 Å². The van der Waals surface area contributed by atoms with Gasteiger partial charge in [-0.25, -0.2) is 4.98 Å². The summed E-state index contributed by atoms with van der Waals surface area (Å²) in [5.74, 6) is 0.405. The van der Waals surface area contributed by atoms with Crippen LogP contribution in [0, 0.1) is 11.3 Å². The third-order valence-electron chi connectivity index (χ3n) is 4.32. The molecular formula is C19H18F3N5. The standard InChI is InChI=1S/C19H18F3N5/c1-26(2)16(13-6-5-7-14(10-13)19(20,21)22)12-24-18-15(11-23)27-9-4-3-8-17(27)25-18/h3-10,16,24H,12H2,1-2H3. The minimum Gasteiger partial charge on any atom is -0.366 e. The molecule has 5 nitrogen and oxygen atoms in total. The molecule has 0 bridgehead atoms. The lowest BCUT2D eigenvalue weighted by Crippen LogP contribution is -2.27. The first kappa shape index (κ1) is 18.7. The Labute approximate surface area is 154 Å². The van der Waals surface area contributed by atoms with Gasteiger partial charge in [0.1, 0.15) is 11.7 Å². The van der Waals surface area contributed by atoms with Gasteiger partial charge in [0.2, 0.25) is 0 Å². The Hall–Kier alpha value is -3.05. The molecule has 27 heavy (non-hydrogen) atoms. The van der Waals surface area contributed by atoms with Crippen LogP contribution in [0.4, 0.5) is 19.0 Å². The van der Waals surface area contributed by atoms with Crippen LogP contribution in [0.25, 0.3) is 5.65 Å². The summed E-state index contributed by atoms with van der Waals surface area (Å²) in [6.07, 6.45) is -2.65. The van der Waals surface area contributed by atoms with Crippen molar-refractivity contribution in [2.45, 2.75) is 12.2 Å². The van der Waals surface area contributed by atoms with Crippen molar-refractivity contribution in [1.82, 2.24) is 14.3 Å². The van der Waals surface area contributed by atoms with E-state index in [-0.39, 0.29) is 6.04 Å². The van der Waals surface area contributed by atoms with Crippen LogP contribution in [0.1, 0.15) is 22.9 Å². The van der Waals surface area contributed by atoms with Gasteiger partial charge in [0, 0.05) is 12.7 Å². The van der Waals surface area contributed by atoms with Crippen molar-refractivity contribution in [3.63, 3.8) is 0 Å². The average Bonchev–Trinajstić information content (AvgIpc) is 2.98. The van der Waals surface area contributed by atoms with Crippen LogP contribution in [0.3, 0.4) is 0 Å². The number of imidazole rings is 1. The van der Waals surface area contributed by atoms with E-state index in [2.05, 4.69) is 16.4 Å². The second-order valence-corrected chi connectivity index (χ2v) is 6.33. The van der Waals surface area contributed by atoms with Gasteiger partial charge in [0.05, 0.1) is 11.6 Å². The summed E-state index contributed by atoms with van der Waals surface area (Å²) in [6, 6.07) is 12.5. The van der Waals surface area contributed by atoms with Crippen molar-refractivity contribution in [3.05, 3.63) is 65.5 Å². The van der Waals surface area contributed by atoms with Gasteiger partial charge in [-0.2, -0.15) is 18.4 Å². The van der Waals surface area contributed by atoms with Crippen LogP contribution in [0.2, 0.25) is 0 Å². The Morgan fingerprint density at radius 3 is 2.67 bits per heavy atom. The number of hydrogen-bond donors (Lipinski definition) is 1. The maximum absolute atomic E-state index is 13.0. The van der Waals surface area contributed by atoms with E-state index in [0.29, 0.717) is 29.3 Å². The third-order valence-corrected chi connectivity index (χ3v) is 4.32. The molecule has 140 valence electrons. The molecule has 0 aliphatic heterocycles. The first-order valence-electron chi connectivity index (χ1n) is 8.26. The lowest BCUT2D eigenvalue weighted by Gasteiger charge is -2.25. The summed E-state index contributed by atoms with van der Waals surface area (Å²) in [5, 5.41) is 12.6. The molecule has 1 N–H and O–H groups in total. The van der Waals surface area contributed by atoms with Crippen molar-refractivity contribution in [2.75, 3.05) is 26.0 Å². The molecule has 1 atom stereocenters. The van der Waals surface area contributed by atoms with Crippen LogP contribution in [0.15, 0.2) is 48.7 Å². The number of aromatic nitrogens is 2. The molecule has 2 aromatic heterocycles. The minimum absolute atomic E-state index is 0.298. The Morgan fingerprint density at radius 1 is 1.22 bits per heavy atom. The number of fused-ring (bicyclic) bond motifs is 1. The SMILES string of the molecule is CN(C)C(CNc1nc2ccccn2c1C#N)c1cccc(C(F)(F)F)c1. The number of benzene rings is 1. The summed E-state index contributed by atoms with van der Waals surface area (Å²) >= 11 is 0. The van der Waals surface area contributed by atoms with E-state index in [4.69, 9.17) is 0 Å². The molecule has 8 heteroatoms. The van der Waals surface area contributed by atoms with Gasteiger partial charge in [0.25, 0.3) is 0 Å². The predicted molar refractivity (Wildman–Crippen MR) is 96.3 cm³/mol. The van der Waals surface area contributed by atoms with E-state index in [0.717, 1.165) is 12.1 Å². The summed E-state index contributed by atoms with van der Waals surface area (Å²) < 4.78 is 40.7. The lowest BCUT2D eigenvalue weighted by atomic mass is 10.0. The van der Waals surface area contributed by atoms with E-state index in [1.807, 2.05) is 11.0 Å². The largest absolute Gasteiger partial charge is 0.416 e. The molecule has 3 rings (SSSR count). The van der Waals surface area contributed by atoms with Gasteiger partial charge in [-0.3, -0.25) is 4.40 Å². The molecule has 0 aliphatic rings. The zero-order valence-electron chi connectivity index (χ0n) is 14.8. The highest BCUT2D eigenvalue weighted by molar-refractivity contribution is 5.59. The zero-order valence-corrected chi connectivity index (χ0v) is 14.8. The van der Waals surface area contributed by atoms with Gasteiger partial charge in [-0.15, -0.1) is 0 Å². The van der Waals surface area contributed by atoms with E-state index >= 15 is 0 Å². The molecule has 0 saturated heterocycles. The predicted octanol–water partition coefficient (Wildman–Crippen LogP) is 3.94. The number of halogens is 3. The fourth-order valence-electron chi connectivity index (χ4n) is 2.94. The molecular weight excluding hydrogens is 355 g/mol. The monoisotopic (exact) mass is 373 g/mol. The van der Waals surface area contributed by atoms with Gasteiger partial charge in [0.15, 0.2) is 11.5 Å². The normalized spacial score (nSPS) is 12.9. The summed E-state index contributed by atoms with van der Waals surface area (Å²) in [4.78, 5) is 6.22. The number of anilines is 1. The first-order chi connectivity index (χ1) is 12.8. The topological polar surface area (TPSA) is 56.4 Å². The van der Waals surface area contributed by atoms with Crippen molar-refractivity contribution in [2.24, 2.45) is 0 Å². The summed E-state index contributed by atoms with van der Waals surface area (Å²) in [7, 11) is 3.59. The van der Waals surface area contributed by atoms with E-state index in [9.17, 15) is 18.4 Å². The van der Waals surface area contributed by atoms with Gasteiger partial charge in [-0.05, 0) is 43.9 Å². The van der Waals surface area contributed by atoms with Gasteiger partial charge >= 0.3 is 6.18 Å². The Morgan fingerprint density at radius 2 is 2.00 bits per heavy atom. The maximum Gasteiger partial charge on any atom is 0.416 e.